The van der Waals surface area contributed by atoms with E-state index in [1.54, 1.807) is 0 Å². The average molecular weight is 445 g/mol. The van der Waals surface area contributed by atoms with Crippen LogP contribution in [0.15, 0.2) is 24.3 Å². The van der Waals surface area contributed by atoms with E-state index in [0.717, 1.165) is 22.1 Å². The number of nitrogens with zero attached hydrogens (tertiary/aromatic N) is 1. The van der Waals surface area contributed by atoms with E-state index in [4.69, 9.17) is 4.74 Å². The molecule has 2 amide bonds. The van der Waals surface area contributed by atoms with Gasteiger partial charge in [0.1, 0.15) is 11.6 Å². The molecule has 0 unspecified atom stereocenters. The fourth-order valence-electron chi connectivity index (χ4n) is 2.35. The largest absolute Gasteiger partial charge is 0.458 e. The predicted molar refractivity (Wildman–Crippen MR) is 100 cm³/mol. The normalized spacial score (nSPS) is 15.9. The van der Waals surface area contributed by atoms with Gasteiger partial charge in [-0.3, -0.25) is 5.01 Å². The molecule has 1 saturated heterocycles. The van der Waals surface area contributed by atoms with Crippen molar-refractivity contribution in [3.63, 3.8) is 0 Å². The van der Waals surface area contributed by atoms with Crippen LogP contribution in [0.4, 0.5) is 4.79 Å². The van der Waals surface area contributed by atoms with E-state index in [-0.39, 0.29) is 6.03 Å². The first kappa shape index (κ1) is 19.0. The molecule has 2 rings (SSSR count). The quantitative estimate of drug-likeness (QED) is 0.552. The topological polar surface area (TPSA) is 70.7 Å². The monoisotopic (exact) mass is 445 g/mol. The van der Waals surface area contributed by atoms with Crippen LogP contribution in [0.2, 0.25) is 0 Å². The smallest absolute Gasteiger partial charge is 0.332 e. The maximum Gasteiger partial charge on any atom is 0.332 e. The van der Waals surface area contributed by atoms with Gasteiger partial charge in [-0.1, -0.05) is 12.1 Å². The first-order valence-electron chi connectivity index (χ1n) is 8.03. The van der Waals surface area contributed by atoms with Gasteiger partial charge in [-0.15, -0.1) is 0 Å². The number of hydrogen-bond donors (Lipinski definition) is 2. The lowest BCUT2D eigenvalue weighted by molar-refractivity contribution is -0.157. The van der Waals surface area contributed by atoms with Crippen LogP contribution in [-0.4, -0.2) is 41.7 Å². The van der Waals surface area contributed by atoms with Crippen molar-refractivity contribution in [1.82, 2.24) is 15.8 Å². The lowest BCUT2D eigenvalue weighted by Crippen LogP contribution is -2.52. The second-order valence-corrected chi connectivity index (χ2v) is 8.03. The first-order valence-corrected chi connectivity index (χ1v) is 9.11. The molecule has 1 fully saturated rings. The zero-order valence-electron chi connectivity index (χ0n) is 14.3. The van der Waals surface area contributed by atoms with Crippen LogP contribution < -0.4 is 10.7 Å². The molecule has 1 aromatic rings. The molecule has 1 atom stereocenters. The summed E-state index contributed by atoms with van der Waals surface area (Å²) < 4.78 is 6.59. The summed E-state index contributed by atoms with van der Waals surface area (Å²) in [6.45, 7) is 6.85. The van der Waals surface area contributed by atoms with Crippen LogP contribution in [0.5, 0.6) is 0 Å². The number of hydrogen-bond acceptors (Lipinski definition) is 4. The Bertz CT molecular complexity index is 578. The third-order valence-corrected chi connectivity index (χ3v) is 4.17. The van der Waals surface area contributed by atoms with Gasteiger partial charge in [-0.2, -0.15) is 0 Å². The van der Waals surface area contributed by atoms with E-state index in [1.807, 2.05) is 45.0 Å². The lowest BCUT2D eigenvalue weighted by atomic mass is 10.1. The molecule has 0 radical (unpaired) electrons. The summed E-state index contributed by atoms with van der Waals surface area (Å²) in [6.07, 6.45) is 1.30. The first-order chi connectivity index (χ1) is 11.2. The number of carbonyl (C=O) groups is 2. The van der Waals surface area contributed by atoms with Crippen molar-refractivity contribution in [2.24, 2.45) is 0 Å². The molecule has 7 heteroatoms. The number of nitrogens with one attached hydrogen (secondary N) is 2. The number of benzene rings is 1. The molecule has 1 aliphatic heterocycles. The Hall–Kier alpha value is -1.35. The Balaban J connectivity index is 2.08. The molecule has 1 aliphatic rings. The third-order valence-electron chi connectivity index (χ3n) is 3.45. The van der Waals surface area contributed by atoms with Gasteiger partial charge in [0.15, 0.2) is 0 Å². The van der Waals surface area contributed by atoms with Gasteiger partial charge in [-0.05, 0) is 67.5 Å². The molecule has 1 aromatic carbocycles. The van der Waals surface area contributed by atoms with Gasteiger partial charge < -0.3 is 10.1 Å². The minimum absolute atomic E-state index is 0.297. The van der Waals surface area contributed by atoms with E-state index >= 15 is 0 Å². The molecule has 0 aliphatic carbocycles. The van der Waals surface area contributed by atoms with Crippen molar-refractivity contribution in [3.8, 4) is 0 Å². The number of ether oxygens (including phenoxy) is 1. The Kier molecular flexibility index (Phi) is 6.45. The molecule has 2 N–H and O–H groups in total. The highest BCUT2D eigenvalue weighted by Gasteiger charge is 2.29. The number of amides is 2. The summed E-state index contributed by atoms with van der Waals surface area (Å²) >= 11 is 2.23. The third kappa shape index (κ3) is 5.94. The Labute approximate surface area is 156 Å². The van der Waals surface area contributed by atoms with Gasteiger partial charge in [-0.25, -0.2) is 15.0 Å². The van der Waals surface area contributed by atoms with Crippen LogP contribution in [0.1, 0.15) is 32.8 Å². The minimum atomic E-state index is -0.723. The van der Waals surface area contributed by atoms with Gasteiger partial charge >= 0.3 is 12.0 Å². The second kappa shape index (κ2) is 8.15. The summed E-state index contributed by atoms with van der Waals surface area (Å²) in [5.41, 5.74) is 3.36. The molecule has 0 saturated carbocycles. The van der Waals surface area contributed by atoms with Crippen molar-refractivity contribution in [1.29, 1.82) is 0 Å². The molecule has 0 spiro atoms. The Morgan fingerprint density at radius 2 is 2.00 bits per heavy atom. The summed E-state index contributed by atoms with van der Waals surface area (Å²) in [5.74, 6) is -0.423. The van der Waals surface area contributed by atoms with Gasteiger partial charge in [0.2, 0.25) is 0 Å². The second-order valence-electron chi connectivity index (χ2n) is 6.78. The SMILES string of the molecule is CC(C)(C)OC(=O)[C@H](Cc1ccc(I)cc1)NC(=O)N1CCCN1. The number of rotatable bonds is 4. The molecule has 1 heterocycles. The lowest BCUT2D eigenvalue weighted by Gasteiger charge is -2.26. The molecule has 0 bridgehead atoms. The van der Waals surface area contributed by atoms with Crippen LogP contribution in [-0.2, 0) is 16.0 Å². The van der Waals surface area contributed by atoms with Crippen LogP contribution in [0.25, 0.3) is 0 Å². The van der Waals surface area contributed by atoms with Crippen molar-refractivity contribution >= 4 is 34.6 Å². The van der Waals surface area contributed by atoms with Gasteiger partial charge in [0, 0.05) is 23.1 Å². The maximum atomic E-state index is 12.5. The van der Waals surface area contributed by atoms with Crippen molar-refractivity contribution in [2.45, 2.75) is 45.3 Å². The molecule has 6 nitrogen and oxygen atoms in total. The Morgan fingerprint density at radius 1 is 1.33 bits per heavy atom. The fourth-order valence-corrected chi connectivity index (χ4v) is 2.71. The van der Waals surface area contributed by atoms with E-state index in [2.05, 4.69) is 33.3 Å². The number of urea groups is 1. The fraction of sp³-hybridized carbons (Fsp3) is 0.529. The molecule has 132 valence electrons. The summed E-state index contributed by atoms with van der Waals surface area (Å²) in [7, 11) is 0. The minimum Gasteiger partial charge on any atom is -0.458 e. The van der Waals surface area contributed by atoms with Crippen molar-refractivity contribution in [3.05, 3.63) is 33.4 Å². The van der Waals surface area contributed by atoms with E-state index in [9.17, 15) is 9.59 Å². The standard InChI is InChI=1S/C17H24IN3O3/c1-17(2,3)24-15(22)14(11-12-5-7-13(18)8-6-12)20-16(23)21-10-4-9-19-21/h5-8,14,19H,4,9-11H2,1-3H3,(H,20,23)/t14-/m0/s1. The van der Waals surface area contributed by atoms with Gasteiger partial charge in [0.25, 0.3) is 0 Å². The number of carbonyl (C=O) groups excluding carboxylic acids is 2. The highest BCUT2D eigenvalue weighted by atomic mass is 127. The zero-order valence-corrected chi connectivity index (χ0v) is 16.4. The number of esters is 1. The Morgan fingerprint density at radius 3 is 2.54 bits per heavy atom. The summed E-state index contributed by atoms with van der Waals surface area (Å²) in [5, 5.41) is 4.30. The summed E-state index contributed by atoms with van der Waals surface area (Å²) in [6, 6.07) is 6.85. The number of halogens is 1. The maximum absolute atomic E-state index is 12.5. The van der Waals surface area contributed by atoms with E-state index < -0.39 is 17.6 Å². The zero-order chi connectivity index (χ0) is 17.7. The van der Waals surface area contributed by atoms with Crippen molar-refractivity contribution in [2.75, 3.05) is 13.1 Å². The highest BCUT2D eigenvalue weighted by Crippen LogP contribution is 2.13. The predicted octanol–water partition coefficient (Wildman–Crippen LogP) is 2.46. The molecular formula is C17H24IN3O3. The molecular weight excluding hydrogens is 421 g/mol. The van der Waals surface area contributed by atoms with Crippen LogP contribution in [0.3, 0.4) is 0 Å². The van der Waals surface area contributed by atoms with Crippen LogP contribution >= 0.6 is 22.6 Å². The van der Waals surface area contributed by atoms with E-state index in [0.29, 0.717) is 13.0 Å². The number of hydrazine groups is 1. The van der Waals surface area contributed by atoms with Crippen LogP contribution in [0, 0.1) is 3.57 Å². The van der Waals surface area contributed by atoms with E-state index in [1.165, 1.54) is 5.01 Å². The van der Waals surface area contributed by atoms with Crippen molar-refractivity contribution < 1.29 is 14.3 Å². The molecule has 24 heavy (non-hydrogen) atoms. The van der Waals surface area contributed by atoms with Gasteiger partial charge in [0.05, 0.1) is 0 Å². The summed E-state index contributed by atoms with van der Waals surface area (Å²) in [4.78, 5) is 24.8. The average Bonchev–Trinajstić information content (AvgIpc) is 3.01. The highest BCUT2D eigenvalue weighted by molar-refractivity contribution is 14.1. The molecule has 0 aromatic heterocycles.